The number of esters is 1. The Labute approximate surface area is 99.5 Å². The Kier molecular flexibility index (Phi) is 4.69. The van der Waals surface area contributed by atoms with Gasteiger partial charge in [-0.1, -0.05) is 5.92 Å². The molecule has 1 amide bonds. The minimum Gasteiger partial charge on any atom is -0.445 e. The maximum atomic E-state index is 11.6. The molecule has 0 spiro atoms. The summed E-state index contributed by atoms with van der Waals surface area (Å²) in [7, 11) is 0. The molecule has 0 atom stereocenters. The van der Waals surface area contributed by atoms with Crippen molar-refractivity contribution in [3.63, 3.8) is 0 Å². The lowest BCUT2D eigenvalue weighted by Crippen LogP contribution is -2.35. The highest BCUT2D eigenvalue weighted by molar-refractivity contribution is 7.99. The van der Waals surface area contributed by atoms with Gasteiger partial charge >= 0.3 is 18.1 Å². The Bertz CT molecular complexity index is 366. The third kappa shape index (κ3) is 4.99. The molecular weight excluding hydrogens is 259 g/mol. The quantitative estimate of drug-likeness (QED) is 0.397. The number of ether oxygens (including phenoxy) is 1. The fourth-order valence-electron chi connectivity index (χ4n) is 1.00. The number of hydrogen-bond acceptors (Lipinski definition) is 4. The molecule has 0 radical (unpaired) electrons. The predicted octanol–water partition coefficient (Wildman–Crippen LogP) is 0.628. The second-order valence-electron chi connectivity index (χ2n) is 2.98. The third-order valence-electron chi connectivity index (χ3n) is 1.72. The largest absolute Gasteiger partial charge is 0.457 e. The Hall–Kier alpha value is -1.36. The maximum Gasteiger partial charge on any atom is 0.457 e. The maximum absolute atomic E-state index is 11.6. The zero-order valence-corrected chi connectivity index (χ0v) is 9.36. The van der Waals surface area contributed by atoms with Gasteiger partial charge in [-0.2, -0.15) is 13.2 Å². The molecule has 0 aromatic rings. The first-order valence-electron chi connectivity index (χ1n) is 4.50. The molecule has 0 aliphatic carbocycles. The lowest BCUT2D eigenvalue weighted by molar-refractivity contribution is -0.158. The van der Waals surface area contributed by atoms with Crippen LogP contribution in [0.3, 0.4) is 0 Å². The second kappa shape index (κ2) is 5.82. The van der Waals surface area contributed by atoms with E-state index in [0.717, 1.165) is 11.7 Å². The smallest absolute Gasteiger partial charge is 0.445 e. The molecule has 94 valence electrons. The van der Waals surface area contributed by atoms with Crippen LogP contribution in [-0.4, -0.2) is 47.7 Å². The van der Waals surface area contributed by atoms with Crippen molar-refractivity contribution in [2.45, 2.75) is 6.18 Å². The summed E-state index contributed by atoms with van der Waals surface area (Å²) in [5, 5.41) is 0. The highest BCUT2D eigenvalue weighted by Crippen LogP contribution is 2.13. The van der Waals surface area contributed by atoms with Crippen LogP contribution in [0.2, 0.25) is 0 Å². The topological polar surface area (TPSA) is 46.6 Å². The standard InChI is InChI=1S/C9H8F3NO3S/c10-9(11,12)2-1-4-16-8(15)7(14)13-3-5-17-6-13/h3-6H2. The molecule has 1 aliphatic rings. The summed E-state index contributed by atoms with van der Waals surface area (Å²) in [5.41, 5.74) is 0. The van der Waals surface area contributed by atoms with E-state index in [2.05, 4.69) is 4.74 Å². The third-order valence-corrected chi connectivity index (χ3v) is 2.69. The monoisotopic (exact) mass is 267 g/mol. The number of amides is 1. The van der Waals surface area contributed by atoms with Crippen LogP contribution in [-0.2, 0) is 14.3 Å². The molecule has 1 rings (SSSR count). The van der Waals surface area contributed by atoms with Crippen molar-refractivity contribution in [3.8, 4) is 11.8 Å². The van der Waals surface area contributed by atoms with Crippen LogP contribution >= 0.6 is 11.8 Å². The number of hydrogen-bond donors (Lipinski definition) is 0. The number of rotatable bonds is 1. The minimum absolute atomic E-state index is 0.391. The van der Waals surface area contributed by atoms with Gasteiger partial charge < -0.3 is 9.64 Å². The summed E-state index contributed by atoms with van der Waals surface area (Å²) in [6.45, 7) is -0.308. The van der Waals surface area contributed by atoms with Crippen molar-refractivity contribution in [1.29, 1.82) is 0 Å². The van der Waals surface area contributed by atoms with E-state index in [1.54, 1.807) is 5.92 Å². The average Bonchev–Trinajstić information content (AvgIpc) is 2.74. The van der Waals surface area contributed by atoms with Crippen molar-refractivity contribution < 1.29 is 27.5 Å². The second-order valence-corrected chi connectivity index (χ2v) is 4.06. The average molecular weight is 267 g/mol. The summed E-state index contributed by atoms with van der Waals surface area (Å²) >= 11 is 1.48. The minimum atomic E-state index is -4.62. The Morgan fingerprint density at radius 1 is 1.41 bits per heavy atom. The van der Waals surface area contributed by atoms with E-state index in [-0.39, 0.29) is 0 Å². The highest BCUT2D eigenvalue weighted by Gasteiger charge is 2.26. The van der Waals surface area contributed by atoms with Crippen LogP contribution in [0.4, 0.5) is 13.2 Å². The van der Waals surface area contributed by atoms with Gasteiger partial charge in [0.25, 0.3) is 0 Å². The number of carbonyl (C=O) groups excluding carboxylic acids is 2. The number of carbonyl (C=O) groups is 2. The first kappa shape index (κ1) is 13.7. The van der Waals surface area contributed by atoms with E-state index in [4.69, 9.17) is 0 Å². The van der Waals surface area contributed by atoms with Crippen molar-refractivity contribution in [2.75, 3.05) is 24.8 Å². The van der Waals surface area contributed by atoms with Crippen LogP contribution < -0.4 is 0 Å². The zero-order chi connectivity index (χ0) is 12.9. The van der Waals surface area contributed by atoms with E-state index in [1.807, 2.05) is 0 Å². The SMILES string of the molecule is O=C(OCC#CC(F)(F)F)C(=O)N1CCSC1. The molecule has 17 heavy (non-hydrogen) atoms. The molecule has 8 heteroatoms. The molecule has 1 saturated heterocycles. The van der Waals surface area contributed by atoms with E-state index in [1.165, 1.54) is 16.7 Å². The first-order chi connectivity index (χ1) is 7.90. The van der Waals surface area contributed by atoms with Gasteiger partial charge in [-0.15, -0.1) is 11.8 Å². The van der Waals surface area contributed by atoms with Crippen LogP contribution in [0.1, 0.15) is 0 Å². The van der Waals surface area contributed by atoms with E-state index in [9.17, 15) is 22.8 Å². The molecule has 0 unspecified atom stereocenters. The van der Waals surface area contributed by atoms with Crippen LogP contribution in [0, 0.1) is 11.8 Å². The number of thioether (sulfide) groups is 1. The number of halogens is 3. The molecule has 1 aliphatic heterocycles. The molecule has 1 fully saturated rings. The summed E-state index contributed by atoms with van der Waals surface area (Å²) < 4.78 is 39.1. The normalized spacial score (nSPS) is 15.1. The molecule has 0 aromatic heterocycles. The van der Waals surface area contributed by atoms with E-state index < -0.39 is 24.7 Å². The van der Waals surface area contributed by atoms with Crippen molar-refractivity contribution in [2.24, 2.45) is 0 Å². The Balaban J connectivity index is 2.33. The van der Waals surface area contributed by atoms with Gasteiger partial charge in [-0.05, 0) is 0 Å². The van der Waals surface area contributed by atoms with Gasteiger partial charge in [0.2, 0.25) is 0 Å². The summed E-state index contributed by atoms with van der Waals surface area (Å²) in [5.74, 6) is 1.64. The molecule has 0 bridgehead atoms. The summed E-state index contributed by atoms with van der Waals surface area (Å²) in [4.78, 5) is 23.7. The van der Waals surface area contributed by atoms with E-state index >= 15 is 0 Å². The van der Waals surface area contributed by atoms with Crippen molar-refractivity contribution in [1.82, 2.24) is 4.90 Å². The summed E-state index contributed by atoms with van der Waals surface area (Å²) in [6, 6.07) is 0. The molecule has 1 heterocycles. The van der Waals surface area contributed by atoms with Gasteiger partial charge in [-0.25, -0.2) is 4.79 Å². The van der Waals surface area contributed by atoms with Crippen molar-refractivity contribution in [3.05, 3.63) is 0 Å². The van der Waals surface area contributed by atoms with Gasteiger partial charge in [0.15, 0.2) is 6.61 Å². The van der Waals surface area contributed by atoms with Crippen molar-refractivity contribution >= 4 is 23.6 Å². The highest BCUT2D eigenvalue weighted by atomic mass is 32.2. The van der Waals surface area contributed by atoms with Gasteiger partial charge in [0.05, 0.1) is 5.88 Å². The lowest BCUT2D eigenvalue weighted by atomic mass is 10.5. The van der Waals surface area contributed by atoms with Gasteiger partial charge in [0.1, 0.15) is 0 Å². The van der Waals surface area contributed by atoms with Crippen LogP contribution in [0.25, 0.3) is 0 Å². The zero-order valence-electron chi connectivity index (χ0n) is 8.54. The van der Waals surface area contributed by atoms with Gasteiger partial charge in [0, 0.05) is 18.2 Å². The first-order valence-corrected chi connectivity index (χ1v) is 5.66. The fourth-order valence-corrected chi connectivity index (χ4v) is 1.95. The van der Waals surface area contributed by atoms with E-state index in [0.29, 0.717) is 12.4 Å². The lowest BCUT2D eigenvalue weighted by Gasteiger charge is -2.11. The predicted molar refractivity (Wildman–Crippen MR) is 53.8 cm³/mol. The number of alkyl halides is 3. The van der Waals surface area contributed by atoms with Crippen LogP contribution in [0.15, 0.2) is 0 Å². The molecule has 4 nitrogen and oxygen atoms in total. The molecule has 0 saturated carbocycles. The molecular formula is C9H8F3NO3S. The number of nitrogens with zero attached hydrogens (tertiary/aromatic N) is 1. The fraction of sp³-hybridized carbons (Fsp3) is 0.556. The Morgan fingerprint density at radius 2 is 2.12 bits per heavy atom. The van der Waals surface area contributed by atoms with Gasteiger partial charge in [-0.3, -0.25) is 4.79 Å². The molecule has 0 N–H and O–H groups in total. The van der Waals surface area contributed by atoms with Crippen LogP contribution in [0.5, 0.6) is 0 Å². The molecule has 0 aromatic carbocycles. The Morgan fingerprint density at radius 3 is 2.65 bits per heavy atom. The summed E-state index contributed by atoms with van der Waals surface area (Å²) in [6.07, 6.45) is -4.62.